The van der Waals surface area contributed by atoms with Gasteiger partial charge in [-0.05, 0) is 29.3 Å². The van der Waals surface area contributed by atoms with Gasteiger partial charge in [0.2, 0.25) is 0 Å². The zero-order chi connectivity index (χ0) is 15.3. The molecule has 3 heteroatoms. The van der Waals surface area contributed by atoms with E-state index in [0.717, 1.165) is 5.75 Å². The quantitative estimate of drug-likeness (QED) is 0.438. The summed E-state index contributed by atoms with van der Waals surface area (Å²) in [6, 6.07) is 0. The molecule has 0 heterocycles. The molecule has 0 aliphatic rings. The second kappa shape index (κ2) is 7.89. The van der Waals surface area contributed by atoms with E-state index >= 15 is 0 Å². The Bertz CT molecular complexity index is 277. The van der Waals surface area contributed by atoms with Crippen LogP contribution < -0.4 is 0 Å². The van der Waals surface area contributed by atoms with Crippen LogP contribution in [-0.2, 0) is 4.43 Å². The summed E-state index contributed by atoms with van der Waals surface area (Å²) in [4.78, 5) is 0. The van der Waals surface area contributed by atoms with Crippen molar-refractivity contribution in [2.24, 2.45) is 5.92 Å². The first kappa shape index (κ1) is 19.3. The minimum Gasteiger partial charge on any atom is -0.410 e. The third-order valence-corrected chi connectivity index (χ3v) is 9.27. The van der Waals surface area contributed by atoms with E-state index < -0.39 is 8.32 Å². The summed E-state index contributed by atoms with van der Waals surface area (Å²) in [5.41, 5.74) is 0. The third-order valence-electron chi connectivity index (χ3n) is 3.75. The molecule has 0 amide bonds. The molecule has 1 atom stereocenters. The molecule has 0 bridgehead atoms. The van der Waals surface area contributed by atoms with Crippen molar-refractivity contribution in [1.29, 1.82) is 0 Å². The highest BCUT2D eigenvalue weighted by molar-refractivity contribution is 7.99. The third kappa shape index (κ3) is 7.57. The van der Waals surface area contributed by atoms with Gasteiger partial charge < -0.3 is 4.43 Å². The van der Waals surface area contributed by atoms with E-state index in [4.69, 9.17) is 4.43 Å². The average molecular weight is 303 g/mol. The Morgan fingerprint density at radius 2 is 1.63 bits per heavy atom. The fourth-order valence-electron chi connectivity index (χ4n) is 1.35. The van der Waals surface area contributed by atoms with Gasteiger partial charge >= 0.3 is 0 Å². The first-order valence-corrected chi connectivity index (χ1v) is 11.4. The molecule has 19 heavy (non-hydrogen) atoms. The van der Waals surface area contributed by atoms with Crippen LogP contribution in [-0.4, -0.2) is 25.4 Å². The van der Waals surface area contributed by atoms with Crippen molar-refractivity contribution in [2.75, 3.05) is 5.75 Å². The van der Waals surface area contributed by atoms with Gasteiger partial charge in [0.1, 0.15) is 0 Å². The maximum atomic E-state index is 6.51. The van der Waals surface area contributed by atoms with Crippen LogP contribution in [0.4, 0.5) is 0 Å². The van der Waals surface area contributed by atoms with Crippen molar-refractivity contribution in [2.45, 2.75) is 78.0 Å². The van der Waals surface area contributed by atoms with E-state index in [1.54, 1.807) is 0 Å². The van der Waals surface area contributed by atoms with Gasteiger partial charge in [-0.3, -0.25) is 0 Å². The summed E-state index contributed by atoms with van der Waals surface area (Å²) < 4.78 is 6.51. The minimum absolute atomic E-state index is 0.258. The smallest absolute Gasteiger partial charge is 0.192 e. The maximum Gasteiger partial charge on any atom is 0.192 e. The number of rotatable bonds is 7. The summed E-state index contributed by atoms with van der Waals surface area (Å²) in [5.74, 6) is 1.62. The summed E-state index contributed by atoms with van der Waals surface area (Å²) in [5, 5.41) is 0.976. The number of hydrogen-bond donors (Lipinski definition) is 0. The lowest BCUT2D eigenvalue weighted by molar-refractivity contribution is 0.177. The molecule has 0 aromatic carbocycles. The van der Waals surface area contributed by atoms with Crippen molar-refractivity contribution >= 4 is 20.1 Å². The lowest BCUT2D eigenvalue weighted by Gasteiger charge is -2.39. The van der Waals surface area contributed by atoms with E-state index in [2.05, 4.69) is 73.7 Å². The molecule has 0 aliphatic heterocycles. The van der Waals surface area contributed by atoms with Crippen molar-refractivity contribution in [1.82, 2.24) is 0 Å². The highest BCUT2D eigenvalue weighted by Gasteiger charge is 2.39. The first-order valence-electron chi connectivity index (χ1n) is 7.43. The molecule has 0 aliphatic carbocycles. The summed E-state index contributed by atoms with van der Waals surface area (Å²) >= 11 is 1.98. The summed E-state index contributed by atoms with van der Waals surface area (Å²) in [7, 11) is -1.67. The zero-order valence-corrected chi connectivity index (χ0v) is 16.2. The molecule has 0 rings (SSSR count). The van der Waals surface area contributed by atoms with Gasteiger partial charge in [-0.2, -0.15) is 11.8 Å². The van der Waals surface area contributed by atoms with Gasteiger partial charge in [0.25, 0.3) is 0 Å². The minimum atomic E-state index is -1.67. The molecule has 0 aromatic rings. The van der Waals surface area contributed by atoms with Crippen LogP contribution >= 0.6 is 11.8 Å². The fraction of sp³-hybridized carbons (Fsp3) is 0.875. The Morgan fingerprint density at radius 1 is 1.11 bits per heavy atom. The lowest BCUT2D eigenvalue weighted by Crippen LogP contribution is -2.44. The second-order valence-corrected chi connectivity index (χ2v) is 13.8. The van der Waals surface area contributed by atoms with Crippen LogP contribution in [0.15, 0.2) is 12.2 Å². The van der Waals surface area contributed by atoms with Gasteiger partial charge in [0.05, 0.1) is 6.10 Å². The highest BCUT2D eigenvalue weighted by atomic mass is 32.2. The SMILES string of the molecule is CC(C)SC/C=C/[C@@H](O[Si](C)(C)C(C)(C)C)C(C)C. The largest absolute Gasteiger partial charge is 0.410 e. The van der Waals surface area contributed by atoms with E-state index in [9.17, 15) is 0 Å². The van der Waals surface area contributed by atoms with E-state index in [1.807, 2.05) is 11.8 Å². The molecule has 0 unspecified atom stereocenters. The Balaban J connectivity index is 4.59. The maximum absolute atomic E-state index is 6.51. The standard InChI is InChI=1S/C16H34OSSi/c1-13(2)15(11-10-12-18-14(3)4)17-19(8,9)16(5,6)7/h10-11,13-15H,12H2,1-9H3/b11-10+/t15-/m1/s1. The van der Waals surface area contributed by atoms with Gasteiger partial charge in [-0.15, -0.1) is 0 Å². The van der Waals surface area contributed by atoms with Crippen LogP contribution in [0.2, 0.25) is 18.1 Å². The Kier molecular flexibility index (Phi) is 8.00. The second-order valence-electron chi connectivity index (χ2n) is 7.40. The molecule has 0 radical (unpaired) electrons. The molecular weight excluding hydrogens is 268 g/mol. The van der Waals surface area contributed by atoms with E-state index in [0.29, 0.717) is 11.2 Å². The average Bonchev–Trinajstić information content (AvgIpc) is 2.20. The van der Waals surface area contributed by atoms with Gasteiger partial charge in [-0.25, -0.2) is 0 Å². The summed E-state index contributed by atoms with van der Waals surface area (Å²) in [6.07, 6.45) is 4.82. The molecule has 0 saturated heterocycles. The van der Waals surface area contributed by atoms with Crippen molar-refractivity contribution in [3.8, 4) is 0 Å². The van der Waals surface area contributed by atoms with Crippen molar-refractivity contribution in [3.63, 3.8) is 0 Å². The van der Waals surface area contributed by atoms with Gasteiger partial charge in [-0.1, -0.05) is 60.6 Å². The van der Waals surface area contributed by atoms with E-state index in [-0.39, 0.29) is 11.1 Å². The first-order chi connectivity index (χ1) is 8.47. The van der Waals surface area contributed by atoms with Crippen molar-refractivity contribution in [3.05, 3.63) is 12.2 Å². The predicted octanol–water partition coefficient (Wildman–Crippen LogP) is 5.73. The number of hydrogen-bond acceptors (Lipinski definition) is 2. The number of thioether (sulfide) groups is 1. The molecule has 0 fully saturated rings. The fourth-order valence-corrected chi connectivity index (χ4v) is 3.34. The van der Waals surface area contributed by atoms with Crippen molar-refractivity contribution < 1.29 is 4.43 Å². The molecule has 0 spiro atoms. The normalized spacial score (nSPS) is 15.7. The lowest BCUT2D eigenvalue weighted by atomic mass is 10.1. The Hall–Kier alpha value is 0.267. The Labute approximate surface area is 126 Å². The molecule has 114 valence electrons. The van der Waals surface area contributed by atoms with Crippen LogP contribution in [0.1, 0.15) is 48.5 Å². The Morgan fingerprint density at radius 3 is 2.00 bits per heavy atom. The van der Waals surface area contributed by atoms with Crippen LogP contribution in [0, 0.1) is 5.92 Å². The highest BCUT2D eigenvalue weighted by Crippen LogP contribution is 2.38. The monoisotopic (exact) mass is 302 g/mol. The molecule has 0 aromatic heterocycles. The van der Waals surface area contributed by atoms with E-state index in [1.165, 1.54) is 0 Å². The molecule has 0 N–H and O–H groups in total. The zero-order valence-electron chi connectivity index (χ0n) is 14.4. The van der Waals surface area contributed by atoms with Crippen LogP contribution in [0.3, 0.4) is 0 Å². The van der Waals surface area contributed by atoms with Crippen LogP contribution in [0.25, 0.3) is 0 Å². The molecular formula is C16H34OSSi. The molecule has 1 nitrogen and oxygen atoms in total. The van der Waals surface area contributed by atoms with Crippen LogP contribution in [0.5, 0.6) is 0 Å². The summed E-state index contributed by atoms with van der Waals surface area (Å²) in [6.45, 7) is 20.5. The van der Waals surface area contributed by atoms with Gasteiger partial charge in [0.15, 0.2) is 8.32 Å². The topological polar surface area (TPSA) is 9.23 Å². The predicted molar refractivity (Wildman–Crippen MR) is 93.6 cm³/mol. The molecule has 0 saturated carbocycles. The van der Waals surface area contributed by atoms with Gasteiger partial charge in [0, 0.05) is 5.75 Å².